The first-order valence-corrected chi connectivity index (χ1v) is 7.32. The molecule has 0 bridgehead atoms. The van der Waals surface area contributed by atoms with E-state index in [-0.39, 0.29) is 6.04 Å². The molecule has 0 aliphatic heterocycles. The number of hydrogen-bond donors (Lipinski definition) is 1. The molecule has 0 saturated heterocycles. The van der Waals surface area contributed by atoms with Crippen molar-refractivity contribution < 1.29 is 0 Å². The van der Waals surface area contributed by atoms with Crippen molar-refractivity contribution in [3.05, 3.63) is 0 Å². The van der Waals surface area contributed by atoms with E-state index in [0.29, 0.717) is 11.5 Å². The van der Waals surface area contributed by atoms with Crippen LogP contribution in [0.25, 0.3) is 0 Å². The molecule has 1 unspecified atom stereocenters. The molecule has 18 heavy (non-hydrogen) atoms. The first kappa shape index (κ1) is 15.5. The van der Waals surface area contributed by atoms with E-state index in [1.165, 1.54) is 25.7 Å². The van der Waals surface area contributed by atoms with Crippen molar-refractivity contribution >= 4 is 0 Å². The van der Waals surface area contributed by atoms with Gasteiger partial charge in [0.1, 0.15) is 6.04 Å². The van der Waals surface area contributed by atoms with Gasteiger partial charge < -0.3 is 10.2 Å². The van der Waals surface area contributed by atoms with Crippen LogP contribution >= 0.6 is 0 Å². The van der Waals surface area contributed by atoms with E-state index in [0.717, 1.165) is 19.5 Å². The van der Waals surface area contributed by atoms with Gasteiger partial charge in [0.2, 0.25) is 0 Å². The molecule has 0 heterocycles. The molecule has 104 valence electrons. The highest BCUT2D eigenvalue weighted by molar-refractivity contribution is 4.93. The average Bonchev–Trinajstić information content (AvgIpc) is 2.34. The maximum absolute atomic E-state index is 9.14. The molecule has 1 aliphatic rings. The highest BCUT2D eigenvalue weighted by Gasteiger charge is 2.29. The molecule has 3 nitrogen and oxygen atoms in total. The summed E-state index contributed by atoms with van der Waals surface area (Å²) < 4.78 is 0. The summed E-state index contributed by atoms with van der Waals surface area (Å²) in [5, 5.41) is 12.4. The molecule has 3 heteroatoms. The molecule has 1 saturated carbocycles. The van der Waals surface area contributed by atoms with Crippen LogP contribution in [0.4, 0.5) is 0 Å². The van der Waals surface area contributed by atoms with Gasteiger partial charge in [-0.05, 0) is 51.1 Å². The van der Waals surface area contributed by atoms with E-state index >= 15 is 0 Å². The molecular weight excluding hydrogens is 222 g/mol. The van der Waals surface area contributed by atoms with Gasteiger partial charge in [0.25, 0.3) is 0 Å². The molecule has 1 fully saturated rings. The Morgan fingerprint density at radius 2 is 2.00 bits per heavy atom. The minimum atomic E-state index is -0.0233. The van der Waals surface area contributed by atoms with Gasteiger partial charge in [-0.2, -0.15) is 5.26 Å². The summed E-state index contributed by atoms with van der Waals surface area (Å²) in [5.74, 6) is 0. The molecule has 0 aromatic carbocycles. The zero-order valence-electron chi connectivity index (χ0n) is 12.5. The van der Waals surface area contributed by atoms with E-state index in [9.17, 15) is 0 Å². The predicted molar refractivity (Wildman–Crippen MR) is 76.4 cm³/mol. The summed E-state index contributed by atoms with van der Waals surface area (Å²) in [4.78, 5) is 2.38. The number of nitrogens with zero attached hydrogens (tertiary/aromatic N) is 2. The first-order chi connectivity index (χ1) is 8.48. The Labute approximate surface area is 113 Å². The van der Waals surface area contributed by atoms with Crippen LogP contribution < -0.4 is 5.32 Å². The van der Waals surface area contributed by atoms with Crippen molar-refractivity contribution in [3.63, 3.8) is 0 Å². The molecule has 1 aliphatic carbocycles. The van der Waals surface area contributed by atoms with Crippen LogP contribution in [0.5, 0.6) is 0 Å². The minimum absolute atomic E-state index is 0.0233. The van der Waals surface area contributed by atoms with Crippen LogP contribution in [0.3, 0.4) is 0 Å². The predicted octanol–water partition coefficient (Wildman–Crippen LogP) is 2.78. The monoisotopic (exact) mass is 251 g/mol. The molecule has 0 amide bonds. The lowest BCUT2D eigenvalue weighted by atomic mass is 9.75. The van der Waals surface area contributed by atoms with Crippen LogP contribution in [0.2, 0.25) is 0 Å². The lowest BCUT2D eigenvalue weighted by Crippen LogP contribution is -2.45. The van der Waals surface area contributed by atoms with E-state index in [1.807, 2.05) is 0 Å². The second-order valence-electron chi connectivity index (χ2n) is 6.47. The Bertz CT molecular complexity index is 270. The van der Waals surface area contributed by atoms with Crippen LogP contribution in [0.15, 0.2) is 0 Å². The summed E-state index contributed by atoms with van der Waals surface area (Å²) in [6, 6.07) is 3.01. The van der Waals surface area contributed by atoms with Crippen LogP contribution in [-0.2, 0) is 0 Å². The number of likely N-dealkylation sites (N-methyl/N-ethyl adjacent to an activating group) is 1. The summed E-state index contributed by atoms with van der Waals surface area (Å²) in [7, 11) is 2.17. The highest BCUT2D eigenvalue weighted by Crippen LogP contribution is 2.36. The maximum Gasteiger partial charge on any atom is 0.108 e. The second kappa shape index (κ2) is 7.11. The molecule has 0 spiro atoms. The summed E-state index contributed by atoms with van der Waals surface area (Å²) in [5.41, 5.74) is 0.520. The van der Waals surface area contributed by atoms with Crippen molar-refractivity contribution in [2.45, 2.75) is 65.0 Å². The fraction of sp³-hybridized carbons (Fsp3) is 0.933. The topological polar surface area (TPSA) is 39.1 Å². The lowest BCUT2D eigenvalue weighted by Gasteiger charge is -2.39. The molecule has 1 atom stereocenters. The Morgan fingerprint density at radius 3 is 2.50 bits per heavy atom. The third-order valence-corrected chi connectivity index (χ3v) is 4.20. The molecule has 0 aromatic heterocycles. The van der Waals surface area contributed by atoms with E-state index in [4.69, 9.17) is 5.26 Å². The zero-order chi connectivity index (χ0) is 13.6. The van der Waals surface area contributed by atoms with Gasteiger partial charge >= 0.3 is 0 Å². The summed E-state index contributed by atoms with van der Waals surface area (Å²) in [6.45, 7) is 8.65. The van der Waals surface area contributed by atoms with Gasteiger partial charge in [0.05, 0.1) is 6.07 Å². The standard InChI is InChI=1S/C15H29N3/c1-5-10-17-13(11-16)12-18(4)14-6-8-15(2,3)9-7-14/h13-14,17H,5-10,12H2,1-4H3. The maximum atomic E-state index is 9.14. The fourth-order valence-electron chi connectivity index (χ4n) is 2.73. The summed E-state index contributed by atoms with van der Waals surface area (Å²) >= 11 is 0. The number of nitrogens with one attached hydrogen (secondary N) is 1. The quantitative estimate of drug-likeness (QED) is 0.789. The zero-order valence-corrected chi connectivity index (χ0v) is 12.5. The van der Waals surface area contributed by atoms with Crippen LogP contribution in [0.1, 0.15) is 52.9 Å². The molecule has 1 rings (SSSR count). The van der Waals surface area contributed by atoms with Gasteiger partial charge in [-0.25, -0.2) is 0 Å². The number of rotatable bonds is 6. The van der Waals surface area contributed by atoms with Gasteiger partial charge in [-0.3, -0.25) is 0 Å². The highest BCUT2D eigenvalue weighted by atomic mass is 15.2. The van der Waals surface area contributed by atoms with Crippen molar-refractivity contribution in [2.75, 3.05) is 20.1 Å². The molecular formula is C15H29N3. The Balaban J connectivity index is 2.36. The number of nitriles is 1. The van der Waals surface area contributed by atoms with Gasteiger partial charge in [-0.1, -0.05) is 20.8 Å². The van der Waals surface area contributed by atoms with E-state index in [1.54, 1.807) is 0 Å². The smallest absolute Gasteiger partial charge is 0.108 e. The van der Waals surface area contributed by atoms with Crippen molar-refractivity contribution in [3.8, 4) is 6.07 Å². The van der Waals surface area contributed by atoms with Crippen LogP contribution in [0, 0.1) is 16.7 Å². The van der Waals surface area contributed by atoms with Gasteiger partial charge in [0, 0.05) is 12.6 Å². The van der Waals surface area contributed by atoms with E-state index < -0.39 is 0 Å². The first-order valence-electron chi connectivity index (χ1n) is 7.32. The van der Waals surface area contributed by atoms with Crippen molar-refractivity contribution in [1.29, 1.82) is 5.26 Å². The van der Waals surface area contributed by atoms with Gasteiger partial charge in [-0.15, -0.1) is 0 Å². The third kappa shape index (κ3) is 4.96. The normalized spacial score (nSPS) is 21.8. The van der Waals surface area contributed by atoms with Crippen molar-refractivity contribution in [2.24, 2.45) is 5.41 Å². The second-order valence-corrected chi connectivity index (χ2v) is 6.47. The Morgan fingerprint density at radius 1 is 1.39 bits per heavy atom. The SMILES string of the molecule is CCCNC(C#N)CN(C)C1CCC(C)(C)CC1. The van der Waals surface area contributed by atoms with Gasteiger partial charge in [0.15, 0.2) is 0 Å². The third-order valence-electron chi connectivity index (χ3n) is 4.20. The Hall–Kier alpha value is -0.590. The largest absolute Gasteiger partial charge is 0.301 e. The Kier molecular flexibility index (Phi) is 6.11. The minimum Gasteiger partial charge on any atom is -0.301 e. The molecule has 0 radical (unpaired) electrons. The van der Waals surface area contributed by atoms with Crippen LogP contribution in [-0.4, -0.2) is 37.1 Å². The molecule has 1 N–H and O–H groups in total. The van der Waals surface area contributed by atoms with Crippen molar-refractivity contribution in [1.82, 2.24) is 10.2 Å². The lowest BCUT2D eigenvalue weighted by molar-refractivity contribution is 0.124. The molecule has 0 aromatic rings. The summed E-state index contributed by atoms with van der Waals surface area (Å²) in [6.07, 6.45) is 6.24. The average molecular weight is 251 g/mol. The fourth-order valence-corrected chi connectivity index (χ4v) is 2.73. The number of hydrogen-bond acceptors (Lipinski definition) is 3. The van der Waals surface area contributed by atoms with E-state index in [2.05, 4.69) is 44.1 Å².